The fraction of sp³-hybridized carbons (Fsp3) is 0.455. The summed E-state index contributed by atoms with van der Waals surface area (Å²) in [5.74, 6) is -0.354. The fourth-order valence-corrected chi connectivity index (χ4v) is 1.32. The molecule has 1 rings (SSSR count). The molecular formula is C11H13F3N2O2. The standard InChI is InChI=1S/C11H13F3N2O2/c1-18-10(17)8-4-2-6-15-9(8)16-7-3-5-11(12,13)14/h2,4,6H,3,5,7H2,1H3,(H,15,16). The molecule has 0 aliphatic rings. The van der Waals surface area contributed by atoms with E-state index in [9.17, 15) is 18.0 Å². The van der Waals surface area contributed by atoms with Gasteiger partial charge < -0.3 is 10.1 Å². The minimum Gasteiger partial charge on any atom is -0.465 e. The van der Waals surface area contributed by atoms with Crippen molar-refractivity contribution >= 4 is 11.8 Å². The fourth-order valence-electron chi connectivity index (χ4n) is 1.32. The van der Waals surface area contributed by atoms with E-state index in [0.29, 0.717) is 0 Å². The molecule has 0 bridgehead atoms. The summed E-state index contributed by atoms with van der Waals surface area (Å²) in [6.45, 7) is 0.0838. The third kappa shape index (κ3) is 4.60. The number of alkyl halides is 3. The summed E-state index contributed by atoms with van der Waals surface area (Å²) in [5, 5.41) is 2.69. The molecule has 0 aromatic carbocycles. The first-order valence-corrected chi connectivity index (χ1v) is 5.28. The Labute approximate surface area is 102 Å². The Morgan fingerprint density at radius 1 is 1.50 bits per heavy atom. The van der Waals surface area contributed by atoms with Crippen molar-refractivity contribution in [3.05, 3.63) is 23.9 Å². The van der Waals surface area contributed by atoms with Crippen LogP contribution in [0.3, 0.4) is 0 Å². The van der Waals surface area contributed by atoms with E-state index in [0.717, 1.165) is 0 Å². The number of rotatable bonds is 5. The van der Waals surface area contributed by atoms with Crippen LogP contribution in [0.5, 0.6) is 0 Å². The molecule has 100 valence electrons. The molecule has 7 heteroatoms. The molecule has 0 saturated heterocycles. The van der Waals surface area contributed by atoms with Gasteiger partial charge in [0, 0.05) is 19.2 Å². The van der Waals surface area contributed by atoms with E-state index in [1.54, 1.807) is 6.07 Å². The van der Waals surface area contributed by atoms with Gasteiger partial charge in [-0.05, 0) is 18.6 Å². The second-order valence-electron chi connectivity index (χ2n) is 3.54. The minimum atomic E-state index is -4.17. The highest BCUT2D eigenvalue weighted by Crippen LogP contribution is 2.21. The average molecular weight is 262 g/mol. The average Bonchev–Trinajstić information content (AvgIpc) is 2.33. The van der Waals surface area contributed by atoms with Crippen LogP contribution < -0.4 is 5.32 Å². The third-order valence-electron chi connectivity index (χ3n) is 2.14. The molecule has 0 radical (unpaired) electrons. The lowest BCUT2D eigenvalue weighted by atomic mass is 10.2. The molecule has 0 aliphatic heterocycles. The molecule has 0 spiro atoms. The Morgan fingerprint density at radius 2 is 2.22 bits per heavy atom. The highest BCUT2D eigenvalue weighted by molar-refractivity contribution is 5.94. The number of pyridine rings is 1. The van der Waals surface area contributed by atoms with Gasteiger partial charge in [0.2, 0.25) is 0 Å². The van der Waals surface area contributed by atoms with Gasteiger partial charge in [0.1, 0.15) is 11.4 Å². The van der Waals surface area contributed by atoms with Crippen LogP contribution in [0, 0.1) is 0 Å². The second kappa shape index (κ2) is 6.23. The number of hydrogen-bond acceptors (Lipinski definition) is 4. The zero-order chi connectivity index (χ0) is 13.6. The smallest absolute Gasteiger partial charge is 0.389 e. The number of ether oxygens (including phenoxy) is 1. The first-order chi connectivity index (χ1) is 8.44. The molecule has 0 amide bonds. The molecule has 0 saturated carbocycles. The van der Waals surface area contributed by atoms with Crippen LogP contribution in [0.25, 0.3) is 0 Å². The summed E-state index contributed by atoms with van der Waals surface area (Å²) in [4.78, 5) is 15.2. The maximum atomic E-state index is 11.9. The van der Waals surface area contributed by atoms with Gasteiger partial charge >= 0.3 is 12.1 Å². The first kappa shape index (κ1) is 14.3. The number of methoxy groups -OCH3 is 1. The summed E-state index contributed by atoms with van der Waals surface area (Å²) >= 11 is 0. The SMILES string of the molecule is COC(=O)c1cccnc1NCCCC(F)(F)F. The van der Waals surface area contributed by atoms with Gasteiger partial charge in [-0.2, -0.15) is 13.2 Å². The number of carbonyl (C=O) groups excluding carboxylic acids is 1. The quantitative estimate of drug-likeness (QED) is 0.654. The van der Waals surface area contributed by atoms with Crippen molar-refractivity contribution in [3.8, 4) is 0 Å². The lowest BCUT2D eigenvalue weighted by Gasteiger charge is -2.10. The lowest BCUT2D eigenvalue weighted by molar-refractivity contribution is -0.134. The minimum absolute atomic E-state index is 0.0827. The number of carbonyl (C=O) groups is 1. The van der Waals surface area contributed by atoms with Gasteiger partial charge in [-0.3, -0.25) is 0 Å². The Kier molecular flexibility index (Phi) is 4.94. The number of nitrogens with zero attached hydrogens (tertiary/aromatic N) is 1. The number of nitrogens with one attached hydrogen (secondary N) is 1. The van der Waals surface area contributed by atoms with E-state index in [-0.39, 0.29) is 24.3 Å². The van der Waals surface area contributed by atoms with Gasteiger partial charge in [0.05, 0.1) is 7.11 Å². The number of esters is 1. The molecule has 18 heavy (non-hydrogen) atoms. The van der Waals surface area contributed by atoms with Crippen LogP contribution in [0.15, 0.2) is 18.3 Å². The van der Waals surface area contributed by atoms with Crippen LogP contribution in [0.4, 0.5) is 19.0 Å². The van der Waals surface area contributed by atoms with Gasteiger partial charge in [-0.1, -0.05) is 0 Å². The summed E-state index contributed by atoms with van der Waals surface area (Å²) in [7, 11) is 1.22. The predicted molar refractivity (Wildman–Crippen MR) is 59.4 cm³/mol. The van der Waals surface area contributed by atoms with E-state index >= 15 is 0 Å². The molecule has 0 aliphatic carbocycles. The highest BCUT2D eigenvalue weighted by atomic mass is 19.4. The summed E-state index contributed by atoms with van der Waals surface area (Å²) in [6.07, 6.45) is -3.68. The molecule has 1 aromatic heterocycles. The van der Waals surface area contributed by atoms with Crippen molar-refractivity contribution in [3.63, 3.8) is 0 Å². The van der Waals surface area contributed by atoms with E-state index in [2.05, 4.69) is 15.0 Å². The maximum absolute atomic E-state index is 11.9. The topological polar surface area (TPSA) is 51.2 Å². The largest absolute Gasteiger partial charge is 0.465 e. The van der Waals surface area contributed by atoms with Crippen LogP contribution >= 0.6 is 0 Å². The van der Waals surface area contributed by atoms with Crippen LogP contribution in [-0.2, 0) is 4.74 Å². The van der Waals surface area contributed by atoms with Crippen LogP contribution in [-0.4, -0.2) is 30.8 Å². The molecular weight excluding hydrogens is 249 g/mol. The van der Waals surface area contributed by atoms with Crippen molar-refractivity contribution in [1.82, 2.24) is 4.98 Å². The monoisotopic (exact) mass is 262 g/mol. The molecule has 1 N–H and O–H groups in total. The van der Waals surface area contributed by atoms with E-state index in [1.165, 1.54) is 19.4 Å². The van der Waals surface area contributed by atoms with Crippen molar-refractivity contribution in [2.24, 2.45) is 0 Å². The lowest BCUT2D eigenvalue weighted by Crippen LogP contribution is -2.13. The number of hydrogen-bond donors (Lipinski definition) is 1. The molecule has 0 unspecified atom stereocenters. The van der Waals surface area contributed by atoms with E-state index in [4.69, 9.17) is 0 Å². The Bertz CT molecular complexity index is 408. The van der Waals surface area contributed by atoms with Gasteiger partial charge in [-0.15, -0.1) is 0 Å². The molecule has 0 fully saturated rings. The molecule has 4 nitrogen and oxygen atoms in total. The second-order valence-corrected chi connectivity index (χ2v) is 3.54. The van der Waals surface area contributed by atoms with E-state index in [1.807, 2.05) is 0 Å². The molecule has 1 heterocycles. The zero-order valence-electron chi connectivity index (χ0n) is 9.75. The summed E-state index contributed by atoms with van der Waals surface area (Å²) < 4.78 is 40.3. The number of aromatic nitrogens is 1. The van der Waals surface area contributed by atoms with Crippen molar-refractivity contribution in [2.45, 2.75) is 19.0 Å². The first-order valence-electron chi connectivity index (χ1n) is 5.28. The molecule has 0 atom stereocenters. The van der Waals surface area contributed by atoms with Crippen molar-refractivity contribution in [2.75, 3.05) is 19.0 Å². The summed E-state index contributed by atoms with van der Waals surface area (Å²) in [5.41, 5.74) is 0.201. The number of halogens is 3. The normalized spacial score (nSPS) is 11.1. The number of anilines is 1. The molecule has 1 aromatic rings. The van der Waals surface area contributed by atoms with E-state index < -0.39 is 18.6 Å². The van der Waals surface area contributed by atoms with Gasteiger partial charge in [-0.25, -0.2) is 9.78 Å². The highest BCUT2D eigenvalue weighted by Gasteiger charge is 2.26. The van der Waals surface area contributed by atoms with Gasteiger partial charge in [0.25, 0.3) is 0 Å². The van der Waals surface area contributed by atoms with Crippen molar-refractivity contribution < 1.29 is 22.7 Å². The summed E-state index contributed by atoms with van der Waals surface area (Å²) in [6, 6.07) is 3.04. The Morgan fingerprint density at radius 3 is 2.83 bits per heavy atom. The van der Waals surface area contributed by atoms with Crippen molar-refractivity contribution in [1.29, 1.82) is 0 Å². The third-order valence-corrected chi connectivity index (χ3v) is 2.14. The Hall–Kier alpha value is -1.79. The van der Waals surface area contributed by atoms with Crippen LogP contribution in [0.1, 0.15) is 23.2 Å². The van der Waals surface area contributed by atoms with Crippen LogP contribution in [0.2, 0.25) is 0 Å². The van der Waals surface area contributed by atoms with Gasteiger partial charge in [0.15, 0.2) is 0 Å². The Balaban J connectivity index is 2.54. The predicted octanol–water partition coefficient (Wildman–Crippen LogP) is 2.62. The zero-order valence-corrected chi connectivity index (χ0v) is 9.75. The maximum Gasteiger partial charge on any atom is 0.389 e.